The molecule has 1 aliphatic heterocycles. The molecule has 5 nitrogen and oxygen atoms in total. The molecule has 0 aliphatic carbocycles. The number of anilines is 1. The number of nitrogens with zero attached hydrogens (tertiary/aromatic N) is 2. The second kappa shape index (κ2) is 7.31. The Morgan fingerprint density at radius 1 is 1.24 bits per heavy atom. The van der Waals surface area contributed by atoms with Crippen LogP contribution in [0.1, 0.15) is 20.3 Å². The maximum atomic E-state index is 12.0. The van der Waals surface area contributed by atoms with Crippen LogP contribution in [-0.2, 0) is 4.79 Å². The summed E-state index contributed by atoms with van der Waals surface area (Å²) < 4.78 is 0. The summed E-state index contributed by atoms with van der Waals surface area (Å²) in [7, 11) is 0. The minimum Gasteiger partial charge on any atom is -0.508 e. The summed E-state index contributed by atoms with van der Waals surface area (Å²) in [6.07, 6.45) is 0.965. The SMILES string of the molecule is CCCNC(=O)[C@@H](C)N1CCN(c2ccc(O)cc2)CC1. The van der Waals surface area contributed by atoms with Crippen molar-refractivity contribution in [3.05, 3.63) is 24.3 Å². The van der Waals surface area contributed by atoms with E-state index in [1.165, 1.54) is 0 Å². The number of aromatic hydroxyl groups is 1. The van der Waals surface area contributed by atoms with Crippen LogP contribution < -0.4 is 10.2 Å². The summed E-state index contributed by atoms with van der Waals surface area (Å²) in [6.45, 7) is 8.33. The van der Waals surface area contributed by atoms with Crippen LogP contribution in [0.5, 0.6) is 5.75 Å². The molecule has 0 spiro atoms. The van der Waals surface area contributed by atoms with Gasteiger partial charge in [-0.25, -0.2) is 0 Å². The van der Waals surface area contributed by atoms with E-state index in [1.54, 1.807) is 12.1 Å². The Morgan fingerprint density at radius 3 is 2.43 bits per heavy atom. The molecule has 21 heavy (non-hydrogen) atoms. The number of piperazine rings is 1. The van der Waals surface area contributed by atoms with E-state index >= 15 is 0 Å². The molecule has 1 amide bonds. The number of hydrogen-bond donors (Lipinski definition) is 2. The van der Waals surface area contributed by atoms with E-state index < -0.39 is 0 Å². The highest BCUT2D eigenvalue weighted by Gasteiger charge is 2.25. The van der Waals surface area contributed by atoms with Crippen LogP contribution in [-0.4, -0.2) is 54.7 Å². The van der Waals surface area contributed by atoms with E-state index in [9.17, 15) is 9.90 Å². The average molecular weight is 291 g/mol. The zero-order valence-corrected chi connectivity index (χ0v) is 12.9. The van der Waals surface area contributed by atoms with Crippen molar-refractivity contribution < 1.29 is 9.90 Å². The van der Waals surface area contributed by atoms with Crippen LogP contribution in [0.15, 0.2) is 24.3 Å². The number of carbonyl (C=O) groups is 1. The highest BCUT2D eigenvalue weighted by molar-refractivity contribution is 5.81. The first-order valence-corrected chi connectivity index (χ1v) is 7.67. The van der Waals surface area contributed by atoms with Crippen LogP contribution in [0, 0.1) is 0 Å². The Labute approximate surface area is 126 Å². The van der Waals surface area contributed by atoms with E-state index in [4.69, 9.17) is 0 Å². The maximum Gasteiger partial charge on any atom is 0.237 e. The first-order valence-electron chi connectivity index (χ1n) is 7.67. The normalized spacial score (nSPS) is 17.5. The van der Waals surface area contributed by atoms with Crippen molar-refractivity contribution in [2.24, 2.45) is 0 Å². The van der Waals surface area contributed by atoms with E-state index in [1.807, 2.05) is 19.1 Å². The van der Waals surface area contributed by atoms with Crippen LogP contribution in [0.2, 0.25) is 0 Å². The second-order valence-electron chi connectivity index (χ2n) is 5.51. The first-order chi connectivity index (χ1) is 10.1. The van der Waals surface area contributed by atoms with Gasteiger partial charge in [-0.2, -0.15) is 0 Å². The summed E-state index contributed by atoms with van der Waals surface area (Å²) >= 11 is 0. The highest BCUT2D eigenvalue weighted by Crippen LogP contribution is 2.20. The molecule has 2 N–H and O–H groups in total. The summed E-state index contributed by atoms with van der Waals surface area (Å²) in [5.74, 6) is 0.411. The maximum absolute atomic E-state index is 12.0. The molecule has 1 aliphatic rings. The standard InChI is InChI=1S/C16H25N3O2/c1-3-8-17-16(21)13(2)18-9-11-19(12-10-18)14-4-6-15(20)7-5-14/h4-7,13,20H,3,8-12H2,1-2H3,(H,17,21)/t13-/m1/s1. The molecule has 1 aromatic rings. The van der Waals surface area contributed by atoms with E-state index in [0.717, 1.165) is 44.8 Å². The lowest BCUT2D eigenvalue weighted by molar-refractivity contribution is -0.126. The third-order valence-electron chi connectivity index (χ3n) is 4.01. The van der Waals surface area contributed by atoms with Gasteiger partial charge in [-0.3, -0.25) is 9.69 Å². The summed E-state index contributed by atoms with van der Waals surface area (Å²) in [5.41, 5.74) is 1.12. The van der Waals surface area contributed by atoms with Gasteiger partial charge < -0.3 is 15.3 Å². The van der Waals surface area contributed by atoms with Gasteiger partial charge in [0.1, 0.15) is 5.75 Å². The quantitative estimate of drug-likeness (QED) is 0.862. The molecule has 0 radical (unpaired) electrons. The Hall–Kier alpha value is -1.75. The number of hydrogen-bond acceptors (Lipinski definition) is 4. The Balaban J connectivity index is 1.85. The average Bonchev–Trinajstić information content (AvgIpc) is 2.53. The van der Waals surface area contributed by atoms with Gasteiger partial charge >= 0.3 is 0 Å². The summed E-state index contributed by atoms with van der Waals surface area (Å²) in [5, 5.41) is 12.3. The molecule has 1 saturated heterocycles. The van der Waals surface area contributed by atoms with Gasteiger partial charge in [0.15, 0.2) is 0 Å². The molecular formula is C16H25N3O2. The van der Waals surface area contributed by atoms with Crippen LogP contribution >= 0.6 is 0 Å². The molecule has 1 atom stereocenters. The fourth-order valence-corrected chi connectivity index (χ4v) is 2.59. The molecule has 5 heteroatoms. The molecule has 0 aromatic heterocycles. The summed E-state index contributed by atoms with van der Waals surface area (Å²) in [6, 6.07) is 7.22. The third kappa shape index (κ3) is 4.11. The van der Waals surface area contributed by atoms with E-state index in [0.29, 0.717) is 5.75 Å². The number of nitrogens with one attached hydrogen (secondary N) is 1. The van der Waals surface area contributed by atoms with Crippen LogP contribution in [0.3, 0.4) is 0 Å². The Kier molecular flexibility index (Phi) is 5.44. The second-order valence-corrected chi connectivity index (χ2v) is 5.51. The Bertz CT molecular complexity index is 453. The van der Waals surface area contributed by atoms with Crippen molar-refractivity contribution >= 4 is 11.6 Å². The van der Waals surface area contributed by atoms with Gasteiger partial charge in [-0.15, -0.1) is 0 Å². The van der Waals surface area contributed by atoms with Crippen LogP contribution in [0.25, 0.3) is 0 Å². The van der Waals surface area contributed by atoms with Gasteiger partial charge in [-0.1, -0.05) is 6.92 Å². The first kappa shape index (κ1) is 15.6. The predicted octanol–water partition coefficient (Wildman–Crippen LogP) is 1.43. The number of rotatable bonds is 5. The molecule has 1 fully saturated rings. The lowest BCUT2D eigenvalue weighted by atomic mass is 10.2. The molecule has 0 saturated carbocycles. The number of phenolic OH excluding ortho intramolecular Hbond substituents is 1. The van der Waals surface area contributed by atoms with Gasteiger partial charge in [0.25, 0.3) is 0 Å². The molecule has 0 unspecified atom stereocenters. The van der Waals surface area contributed by atoms with Crippen molar-refractivity contribution in [3.8, 4) is 5.75 Å². The van der Waals surface area contributed by atoms with E-state index in [2.05, 4.69) is 22.0 Å². The molecule has 0 bridgehead atoms. The molecule has 1 heterocycles. The fraction of sp³-hybridized carbons (Fsp3) is 0.562. The highest BCUT2D eigenvalue weighted by atomic mass is 16.3. The number of amides is 1. The molecule has 2 rings (SSSR count). The van der Waals surface area contributed by atoms with E-state index in [-0.39, 0.29) is 11.9 Å². The fourth-order valence-electron chi connectivity index (χ4n) is 2.59. The zero-order chi connectivity index (χ0) is 15.2. The number of phenols is 1. The van der Waals surface area contributed by atoms with Gasteiger partial charge in [0.2, 0.25) is 5.91 Å². The van der Waals surface area contributed by atoms with Gasteiger partial charge in [0.05, 0.1) is 6.04 Å². The molecule has 1 aromatic carbocycles. The van der Waals surface area contributed by atoms with Gasteiger partial charge in [0, 0.05) is 38.4 Å². The molecular weight excluding hydrogens is 266 g/mol. The minimum absolute atomic E-state index is 0.0708. The van der Waals surface area contributed by atoms with Crippen molar-refractivity contribution in [1.82, 2.24) is 10.2 Å². The van der Waals surface area contributed by atoms with Crippen molar-refractivity contribution in [2.75, 3.05) is 37.6 Å². The third-order valence-corrected chi connectivity index (χ3v) is 4.01. The monoisotopic (exact) mass is 291 g/mol. The van der Waals surface area contributed by atoms with Crippen molar-refractivity contribution in [2.45, 2.75) is 26.3 Å². The van der Waals surface area contributed by atoms with Crippen molar-refractivity contribution in [3.63, 3.8) is 0 Å². The predicted molar refractivity (Wildman–Crippen MR) is 84.7 cm³/mol. The topological polar surface area (TPSA) is 55.8 Å². The zero-order valence-electron chi connectivity index (χ0n) is 12.9. The lowest BCUT2D eigenvalue weighted by Crippen LogP contribution is -2.54. The number of benzene rings is 1. The number of carbonyl (C=O) groups excluding carboxylic acids is 1. The minimum atomic E-state index is -0.0708. The van der Waals surface area contributed by atoms with Gasteiger partial charge in [-0.05, 0) is 37.6 Å². The lowest BCUT2D eigenvalue weighted by Gasteiger charge is -2.38. The van der Waals surface area contributed by atoms with Crippen molar-refractivity contribution in [1.29, 1.82) is 0 Å². The smallest absolute Gasteiger partial charge is 0.237 e. The largest absolute Gasteiger partial charge is 0.508 e. The Morgan fingerprint density at radius 2 is 1.86 bits per heavy atom. The molecule has 116 valence electrons. The summed E-state index contributed by atoms with van der Waals surface area (Å²) in [4.78, 5) is 16.5. The van der Waals surface area contributed by atoms with Crippen LogP contribution in [0.4, 0.5) is 5.69 Å².